The lowest BCUT2D eigenvalue weighted by molar-refractivity contribution is -0.127. The number of sulfone groups is 1. The topological polar surface area (TPSA) is 83.9 Å². The molecule has 3 rings (SSSR count). The molecule has 0 aliphatic carbocycles. The standard InChI is InChI=1S/C35H45NO5S/c1-4-6-24-36(3)34(38)27-42(39,40)26-13-8-7-12-25-41-32-22-18-30(19-23-32)35(29-16-20-31(37)21-17-29)33(5-2)28-14-10-9-11-15-28/h9-11,14-23,37H,4-8,12-13,24-27H2,1-3H3/b35-33+. The normalized spacial score (nSPS) is 12.1. The number of nitrogens with zero attached hydrogens (tertiary/aromatic N) is 1. The Balaban J connectivity index is 1.52. The van der Waals surface area contributed by atoms with Gasteiger partial charge in [0.05, 0.1) is 12.4 Å². The van der Waals surface area contributed by atoms with Crippen LogP contribution in [-0.2, 0) is 14.6 Å². The van der Waals surface area contributed by atoms with E-state index in [0.717, 1.165) is 61.0 Å². The van der Waals surface area contributed by atoms with Crippen molar-refractivity contribution in [2.75, 3.05) is 31.7 Å². The Labute approximate surface area is 252 Å². The van der Waals surface area contributed by atoms with Gasteiger partial charge in [-0.2, -0.15) is 0 Å². The molecular formula is C35H45NO5S. The second kappa shape index (κ2) is 16.8. The van der Waals surface area contributed by atoms with E-state index in [1.807, 2.05) is 49.4 Å². The molecule has 0 saturated heterocycles. The summed E-state index contributed by atoms with van der Waals surface area (Å²) in [6.07, 6.45) is 5.72. The van der Waals surface area contributed by atoms with E-state index in [-0.39, 0.29) is 17.4 Å². The van der Waals surface area contributed by atoms with Gasteiger partial charge in [-0.3, -0.25) is 4.79 Å². The average molecular weight is 592 g/mol. The number of phenolic OH excluding ortho intramolecular Hbond substituents is 1. The molecule has 226 valence electrons. The Kier molecular flexibility index (Phi) is 13.1. The summed E-state index contributed by atoms with van der Waals surface area (Å²) in [6.45, 7) is 5.34. The smallest absolute Gasteiger partial charge is 0.237 e. The van der Waals surface area contributed by atoms with Crippen LogP contribution in [0.2, 0.25) is 0 Å². The Morgan fingerprint density at radius 3 is 2.02 bits per heavy atom. The quantitative estimate of drug-likeness (QED) is 0.131. The zero-order valence-corrected chi connectivity index (χ0v) is 26.0. The molecule has 0 bridgehead atoms. The Bertz CT molecular complexity index is 1380. The Morgan fingerprint density at radius 2 is 1.40 bits per heavy atom. The van der Waals surface area contributed by atoms with Gasteiger partial charge in [-0.15, -0.1) is 0 Å². The van der Waals surface area contributed by atoms with E-state index in [4.69, 9.17) is 4.74 Å². The lowest BCUT2D eigenvalue weighted by Gasteiger charge is -2.17. The van der Waals surface area contributed by atoms with Gasteiger partial charge in [-0.25, -0.2) is 8.42 Å². The molecule has 1 amide bonds. The highest BCUT2D eigenvalue weighted by Gasteiger charge is 2.19. The number of hydrogen-bond donors (Lipinski definition) is 1. The van der Waals surface area contributed by atoms with Crippen LogP contribution >= 0.6 is 0 Å². The first-order valence-corrected chi connectivity index (χ1v) is 16.8. The molecule has 0 aliphatic heterocycles. The predicted molar refractivity (Wildman–Crippen MR) is 172 cm³/mol. The summed E-state index contributed by atoms with van der Waals surface area (Å²) in [5.41, 5.74) is 5.63. The number of rotatable bonds is 17. The van der Waals surface area contributed by atoms with Gasteiger partial charge in [0.2, 0.25) is 5.91 Å². The van der Waals surface area contributed by atoms with Crippen LogP contribution in [0.15, 0.2) is 78.9 Å². The summed E-state index contributed by atoms with van der Waals surface area (Å²) in [5, 5.41) is 9.84. The van der Waals surface area contributed by atoms with Crippen LogP contribution in [0, 0.1) is 0 Å². The summed E-state index contributed by atoms with van der Waals surface area (Å²) in [5.74, 6) is 0.347. The molecule has 0 radical (unpaired) electrons. The van der Waals surface area contributed by atoms with E-state index in [0.29, 0.717) is 19.6 Å². The zero-order valence-electron chi connectivity index (χ0n) is 25.2. The molecule has 0 fully saturated rings. The van der Waals surface area contributed by atoms with Gasteiger partial charge in [-0.05, 0) is 77.8 Å². The second-order valence-corrected chi connectivity index (χ2v) is 12.9. The van der Waals surface area contributed by atoms with Crippen molar-refractivity contribution in [2.24, 2.45) is 0 Å². The maximum Gasteiger partial charge on any atom is 0.237 e. The number of benzene rings is 3. The molecule has 0 saturated carbocycles. The van der Waals surface area contributed by atoms with Gasteiger partial charge in [0.1, 0.15) is 17.3 Å². The Hall–Kier alpha value is -3.58. The minimum Gasteiger partial charge on any atom is -0.508 e. The molecule has 0 aliphatic rings. The monoisotopic (exact) mass is 591 g/mol. The summed E-state index contributed by atoms with van der Waals surface area (Å²) >= 11 is 0. The van der Waals surface area contributed by atoms with Crippen LogP contribution < -0.4 is 4.74 Å². The highest BCUT2D eigenvalue weighted by molar-refractivity contribution is 7.92. The van der Waals surface area contributed by atoms with E-state index in [1.165, 1.54) is 16.0 Å². The maximum absolute atomic E-state index is 12.3. The minimum absolute atomic E-state index is 0.0439. The van der Waals surface area contributed by atoms with Gasteiger partial charge in [-0.1, -0.05) is 87.7 Å². The number of amides is 1. The van der Waals surface area contributed by atoms with Crippen LogP contribution in [0.1, 0.15) is 75.5 Å². The SMILES string of the molecule is CCCCN(C)C(=O)CS(=O)(=O)CCCCCCOc1ccc(/C(=C(\CC)c2ccccc2)c2ccc(O)cc2)cc1. The van der Waals surface area contributed by atoms with Crippen molar-refractivity contribution in [1.29, 1.82) is 0 Å². The molecule has 3 aromatic carbocycles. The summed E-state index contributed by atoms with van der Waals surface area (Å²) in [4.78, 5) is 13.7. The molecule has 7 heteroatoms. The van der Waals surface area contributed by atoms with Crippen molar-refractivity contribution in [3.8, 4) is 11.5 Å². The highest BCUT2D eigenvalue weighted by Crippen LogP contribution is 2.35. The van der Waals surface area contributed by atoms with Gasteiger partial charge in [0.15, 0.2) is 9.84 Å². The number of phenols is 1. The van der Waals surface area contributed by atoms with Crippen molar-refractivity contribution in [3.05, 3.63) is 95.6 Å². The fourth-order valence-corrected chi connectivity index (χ4v) is 6.27. The third-order valence-electron chi connectivity index (χ3n) is 7.31. The molecule has 42 heavy (non-hydrogen) atoms. The number of carbonyl (C=O) groups is 1. The third kappa shape index (κ3) is 10.4. The van der Waals surface area contributed by atoms with Crippen LogP contribution in [0.3, 0.4) is 0 Å². The van der Waals surface area contributed by atoms with Gasteiger partial charge >= 0.3 is 0 Å². The number of hydrogen-bond acceptors (Lipinski definition) is 5. The number of allylic oxidation sites excluding steroid dienone is 1. The second-order valence-electron chi connectivity index (χ2n) is 10.7. The number of ether oxygens (including phenoxy) is 1. The van der Waals surface area contributed by atoms with Crippen molar-refractivity contribution in [1.82, 2.24) is 4.90 Å². The molecule has 6 nitrogen and oxygen atoms in total. The lowest BCUT2D eigenvalue weighted by atomic mass is 9.88. The molecule has 0 aromatic heterocycles. The summed E-state index contributed by atoms with van der Waals surface area (Å²) in [6, 6.07) is 25.8. The predicted octanol–water partition coefficient (Wildman–Crippen LogP) is 7.37. The minimum atomic E-state index is -3.38. The average Bonchev–Trinajstić information content (AvgIpc) is 2.99. The fourth-order valence-electron chi connectivity index (χ4n) is 4.88. The highest BCUT2D eigenvalue weighted by atomic mass is 32.2. The number of carbonyl (C=O) groups excluding carboxylic acids is 1. The van der Waals surface area contributed by atoms with Gasteiger partial charge in [0.25, 0.3) is 0 Å². The van der Waals surface area contributed by atoms with E-state index >= 15 is 0 Å². The van der Waals surface area contributed by atoms with Gasteiger partial charge in [0, 0.05) is 13.6 Å². The molecule has 0 heterocycles. The van der Waals surface area contributed by atoms with E-state index in [2.05, 4.69) is 31.2 Å². The zero-order chi connectivity index (χ0) is 30.4. The van der Waals surface area contributed by atoms with E-state index in [1.54, 1.807) is 19.2 Å². The first kappa shape index (κ1) is 32.9. The van der Waals surface area contributed by atoms with Crippen molar-refractivity contribution >= 4 is 26.9 Å². The van der Waals surface area contributed by atoms with E-state index in [9.17, 15) is 18.3 Å². The molecular weight excluding hydrogens is 546 g/mol. The van der Waals surface area contributed by atoms with Crippen molar-refractivity contribution in [2.45, 2.75) is 58.8 Å². The van der Waals surface area contributed by atoms with Crippen molar-refractivity contribution < 1.29 is 23.1 Å². The van der Waals surface area contributed by atoms with Crippen LogP contribution in [0.4, 0.5) is 0 Å². The Morgan fingerprint density at radius 1 is 0.786 bits per heavy atom. The van der Waals surface area contributed by atoms with Crippen LogP contribution in [0.5, 0.6) is 11.5 Å². The van der Waals surface area contributed by atoms with Crippen LogP contribution in [-0.4, -0.2) is 56.0 Å². The maximum atomic E-state index is 12.3. The first-order valence-electron chi connectivity index (χ1n) is 15.0. The molecule has 1 N–H and O–H groups in total. The van der Waals surface area contributed by atoms with Crippen LogP contribution in [0.25, 0.3) is 11.1 Å². The number of unbranched alkanes of at least 4 members (excludes halogenated alkanes) is 4. The first-order chi connectivity index (χ1) is 20.2. The summed E-state index contributed by atoms with van der Waals surface area (Å²) < 4.78 is 30.6. The van der Waals surface area contributed by atoms with Crippen molar-refractivity contribution in [3.63, 3.8) is 0 Å². The molecule has 0 spiro atoms. The van der Waals surface area contributed by atoms with E-state index < -0.39 is 15.6 Å². The molecule has 3 aromatic rings. The molecule has 0 unspecified atom stereocenters. The van der Waals surface area contributed by atoms with Gasteiger partial charge < -0.3 is 14.7 Å². The lowest BCUT2D eigenvalue weighted by Crippen LogP contribution is -2.34. The summed E-state index contributed by atoms with van der Waals surface area (Å²) in [7, 11) is -1.72. The molecule has 0 atom stereocenters. The number of aromatic hydroxyl groups is 1. The fraction of sp³-hybridized carbons (Fsp3) is 0.400. The largest absolute Gasteiger partial charge is 0.508 e. The third-order valence-corrected chi connectivity index (χ3v) is 8.91.